The number of halogens is 3. The molecule has 2 aromatic carbocycles. The minimum absolute atomic E-state index is 0.210. The molecule has 0 aliphatic carbocycles. The fraction of sp³-hybridized carbons (Fsp3) is 0.125. The maximum Gasteiger partial charge on any atom is 0.0659 e. The standard InChI is InChI=1S/C16H11Br3S/c1-9-5-10(7-11(17)6-9)15(19)13-8-20-16-12(13)3-2-4-14(16)18/h2-8,15H,1H3. The Bertz CT molecular complexity index is 756. The summed E-state index contributed by atoms with van der Waals surface area (Å²) in [5.41, 5.74) is 3.86. The van der Waals surface area contributed by atoms with E-state index in [1.165, 1.54) is 26.8 Å². The molecule has 102 valence electrons. The molecular formula is C16H11Br3S. The molecule has 0 saturated heterocycles. The van der Waals surface area contributed by atoms with Gasteiger partial charge in [0.15, 0.2) is 0 Å². The number of hydrogen-bond acceptors (Lipinski definition) is 1. The summed E-state index contributed by atoms with van der Waals surface area (Å²) in [4.78, 5) is 0.210. The van der Waals surface area contributed by atoms with Crippen LogP contribution in [0, 0.1) is 6.92 Å². The smallest absolute Gasteiger partial charge is 0.0659 e. The predicted molar refractivity (Wildman–Crippen MR) is 99.2 cm³/mol. The first-order valence-electron chi connectivity index (χ1n) is 6.13. The first-order valence-corrected chi connectivity index (χ1v) is 9.51. The SMILES string of the molecule is Cc1cc(Br)cc(C(Br)c2csc3c(Br)cccc23)c1. The van der Waals surface area contributed by atoms with Crippen molar-refractivity contribution in [1.29, 1.82) is 0 Å². The zero-order valence-electron chi connectivity index (χ0n) is 10.7. The molecule has 1 heterocycles. The van der Waals surface area contributed by atoms with Crippen LogP contribution in [-0.4, -0.2) is 0 Å². The van der Waals surface area contributed by atoms with Crippen molar-refractivity contribution in [3.63, 3.8) is 0 Å². The van der Waals surface area contributed by atoms with Crippen molar-refractivity contribution in [2.24, 2.45) is 0 Å². The van der Waals surface area contributed by atoms with Gasteiger partial charge in [-0.25, -0.2) is 0 Å². The van der Waals surface area contributed by atoms with Crippen LogP contribution in [0.15, 0.2) is 50.7 Å². The maximum absolute atomic E-state index is 3.86. The summed E-state index contributed by atoms with van der Waals surface area (Å²) in [5.74, 6) is 0. The van der Waals surface area contributed by atoms with Crippen LogP contribution in [0.4, 0.5) is 0 Å². The minimum Gasteiger partial charge on any atom is -0.142 e. The predicted octanol–water partition coefficient (Wildman–Crippen LogP) is 7.22. The lowest BCUT2D eigenvalue weighted by molar-refractivity contribution is 1.19. The van der Waals surface area contributed by atoms with E-state index in [9.17, 15) is 0 Å². The highest BCUT2D eigenvalue weighted by Crippen LogP contribution is 2.41. The number of aryl methyl sites for hydroxylation is 1. The average Bonchev–Trinajstić information content (AvgIpc) is 2.82. The number of hydrogen-bond donors (Lipinski definition) is 0. The zero-order chi connectivity index (χ0) is 14.3. The van der Waals surface area contributed by atoms with Gasteiger partial charge in [-0.3, -0.25) is 0 Å². The summed E-state index contributed by atoms with van der Waals surface area (Å²) < 4.78 is 3.59. The largest absolute Gasteiger partial charge is 0.142 e. The van der Waals surface area contributed by atoms with E-state index in [4.69, 9.17) is 0 Å². The van der Waals surface area contributed by atoms with Gasteiger partial charge in [0.05, 0.1) is 4.83 Å². The van der Waals surface area contributed by atoms with Gasteiger partial charge in [0.25, 0.3) is 0 Å². The zero-order valence-corrected chi connectivity index (χ0v) is 16.2. The van der Waals surface area contributed by atoms with Gasteiger partial charge < -0.3 is 0 Å². The molecule has 0 spiro atoms. The number of fused-ring (bicyclic) bond motifs is 1. The van der Waals surface area contributed by atoms with Gasteiger partial charge >= 0.3 is 0 Å². The maximum atomic E-state index is 3.86. The molecule has 0 amide bonds. The number of alkyl halides is 1. The quantitative estimate of drug-likeness (QED) is 0.344. The first-order chi connectivity index (χ1) is 9.56. The van der Waals surface area contributed by atoms with Gasteiger partial charge in [0.1, 0.15) is 0 Å². The van der Waals surface area contributed by atoms with Crippen LogP contribution < -0.4 is 0 Å². The lowest BCUT2D eigenvalue weighted by atomic mass is 10.0. The van der Waals surface area contributed by atoms with E-state index in [-0.39, 0.29) is 4.83 Å². The summed E-state index contributed by atoms with van der Waals surface area (Å²) >= 11 is 12.8. The second-order valence-corrected chi connectivity index (χ2v) is 8.30. The molecule has 0 aliphatic heterocycles. The molecule has 20 heavy (non-hydrogen) atoms. The van der Waals surface area contributed by atoms with Gasteiger partial charge in [-0.15, -0.1) is 11.3 Å². The molecule has 4 heteroatoms. The van der Waals surface area contributed by atoms with Crippen molar-refractivity contribution in [1.82, 2.24) is 0 Å². The van der Waals surface area contributed by atoms with Crippen molar-refractivity contribution >= 4 is 69.2 Å². The van der Waals surface area contributed by atoms with Crippen LogP contribution in [-0.2, 0) is 0 Å². The Balaban J connectivity index is 2.13. The molecule has 0 saturated carbocycles. The fourth-order valence-electron chi connectivity index (χ4n) is 2.33. The van der Waals surface area contributed by atoms with Crippen LogP contribution in [0.5, 0.6) is 0 Å². The lowest BCUT2D eigenvalue weighted by Crippen LogP contribution is -1.92. The van der Waals surface area contributed by atoms with Crippen molar-refractivity contribution in [3.8, 4) is 0 Å². The Labute approximate surface area is 147 Å². The van der Waals surface area contributed by atoms with Crippen LogP contribution in [0.25, 0.3) is 10.1 Å². The van der Waals surface area contributed by atoms with Crippen molar-refractivity contribution < 1.29 is 0 Å². The second-order valence-electron chi connectivity index (χ2n) is 4.73. The van der Waals surface area contributed by atoms with Gasteiger partial charge in [0, 0.05) is 13.6 Å². The van der Waals surface area contributed by atoms with Crippen LogP contribution in [0.2, 0.25) is 0 Å². The van der Waals surface area contributed by atoms with Crippen LogP contribution >= 0.6 is 59.1 Å². The molecule has 0 nitrogen and oxygen atoms in total. The van der Waals surface area contributed by atoms with Crippen LogP contribution in [0.1, 0.15) is 21.5 Å². The van der Waals surface area contributed by atoms with E-state index in [1.807, 2.05) is 0 Å². The third kappa shape index (κ3) is 2.76. The Morgan fingerprint density at radius 3 is 2.65 bits per heavy atom. The Morgan fingerprint density at radius 2 is 1.90 bits per heavy atom. The summed E-state index contributed by atoms with van der Waals surface area (Å²) in [6.45, 7) is 2.12. The average molecular weight is 475 g/mol. The molecule has 1 unspecified atom stereocenters. The molecule has 0 N–H and O–H groups in total. The molecule has 1 atom stereocenters. The summed E-state index contributed by atoms with van der Waals surface area (Å²) in [6.07, 6.45) is 0. The number of thiophene rings is 1. The van der Waals surface area contributed by atoms with E-state index >= 15 is 0 Å². The Morgan fingerprint density at radius 1 is 1.10 bits per heavy atom. The molecule has 0 radical (unpaired) electrons. The molecular weight excluding hydrogens is 464 g/mol. The number of benzene rings is 2. The topological polar surface area (TPSA) is 0 Å². The van der Waals surface area contributed by atoms with E-state index in [1.54, 1.807) is 11.3 Å². The highest BCUT2D eigenvalue weighted by molar-refractivity contribution is 9.11. The fourth-order valence-corrected chi connectivity index (χ4v) is 5.42. The highest BCUT2D eigenvalue weighted by atomic mass is 79.9. The molecule has 0 fully saturated rings. The van der Waals surface area contributed by atoms with Gasteiger partial charge in [-0.2, -0.15) is 0 Å². The third-order valence-corrected chi connectivity index (χ3v) is 6.66. The Kier molecular flexibility index (Phi) is 4.37. The van der Waals surface area contributed by atoms with E-state index in [2.05, 4.69) is 96.5 Å². The summed E-state index contributed by atoms with van der Waals surface area (Å²) in [5, 5.41) is 3.55. The normalized spacial score (nSPS) is 12.8. The van der Waals surface area contributed by atoms with Crippen molar-refractivity contribution in [2.75, 3.05) is 0 Å². The molecule has 0 bridgehead atoms. The van der Waals surface area contributed by atoms with Gasteiger partial charge in [-0.1, -0.05) is 50.1 Å². The number of rotatable bonds is 2. The van der Waals surface area contributed by atoms with Crippen LogP contribution in [0.3, 0.4) is 0 Å². The summed E-state index contributed by atoms with van der Waals surface area (Å²) in [6, 6.07) is 12.9. The third-order valence-electron chi connectivity index (χ3n) is 3.21. The molecule has 1 aromatic heterocycles. The van der Waals surface area contributed by atoms with E-state index in [0.29, 0.717) is 0 Å². The van der Waals surface area contributed by atoms with E-state index in [0.717, 1.165) is 8.95 Å². The minimum atomic E-state index is 0.210. The second kappa shape index (κ2) is 5.91. The molecule has 3 aromatic rings. The van der Waals surface area contributed by atoms with Gasteiger partial charge in [0.2, 0.25) is 0 Å². The highest BCUT2D eigenvalue weighted by Gasteiger charge is 2.16. The lowest BCUT2D eigenvalue weighted by Gasteiger charge is -2.11. The van der Waals surface area contributed by atoms with E-state index < -0.39 is 0 Å². The first kappa shape index (κ1) is 14.8. The Hall–Kier alpha value is -0.160. The molecule has 0 aliphatic rings. The molecule has 3 rings (SSSR count). The van der Waals surface area contributed by atoms with Crippen molar-refractivity contribution in [2.45, 2.75) is 11.8 Å². The summed E-state index contributed by atoms with van der Waals surface area (Å²) in [7, 11) is 0. The monoisotopic (exact) mass is 472 g/mol. The van der Waals surface area contributed by atoms with Crippen molar-refractivity contribution in [3.05, 3.63) is 67.4 Å². The van der Waals surface area contributed by atoms with Gasteiger partial charge in [-0.05, 0) is 68.5 Å².